The fraction of sp³-hybridized carbons (Fsp3) is 0. The van der Waals surface area contributed by atoms with Crippen LogP contribution in [0.5, 0.6) is 0 Å². The molecule has 0 amide bonds. The molecule has 0 aliphatic carbocycles. The Labute approximate surface area is 314 Å². The minimum Gasteiger partial charge on any atom is -0.456 e. The SMILES string of the molecule is c1ccc(-c2cc(-c3ccc4sc5ccccc5c4c3)cc(-c3nc(-c4ccccc4)nc(-c4cc5oc6ccccc6c5c5ccccc45)n3)c2)cc1. The van der Waals surface area contributed by atoms with E-state index in [0.29, 0.717) is 17.5 Å². The molecule has 11 aromatic rings. The Morgan fingerprint density at radius 3 is 1.70 bits per heavy atom. The fourth-order valence-corrected chi connectivity index (χ4v) is 8.83. The maximum Gasteiger partial charge on any atom is 0.164 e. The molecule has 0 spiro atoms. The number of aromatic nitrogens is 3. The van der Waals surface area contributed by atoms with E-state index in [1.54, 1.807) is 0 Å². The van der Waals surface area contributed by atoms with Crippen molar-refractivity contribution in [3.8, 4) is 56.4 Å². The molecule has 0 unspecified atom stereocenters. The second-order valence-electron chi connectivity index (χ2n) is 13.6. The van der Waals surface area contributed by atoms with E-state index >= 15 is 0 Å². The number of hydrogen-bond acceptors (Lipinski definition) is 5. The van der Waals surface area contributed by atoms with Gasteiger partial charge >= 0.3 is 0 Å². The Morgan fingerprint density at radius 1 is 0.333 bits per heavy atom. The van der Waals surface area contributed by atoms with Gasteiger partial charge in [-0.25, -0.2) is 15.0 Å². The predicted molar refractivity (Wildman–Crippen MR) is 225 cm³/mol. The Bertz CT molecular complexity index is 3220. The summed E-state index contributed by atoms with van der Waals surface area (Å²) in [5.74, 6) is 1.81. The van der Waals surface area contributed by atoms with Gasteiger partial charge in [0, 0.05) is 47.6 Å². The van der Waals surface area contributed by atoms with Crippen LogP contribution >= 0.6 is 11.3 Å². The Morgan fingerprint density at radius 2 is 0.907 bits per heavy atom. The molecule has 3 aromatic heterocycles. The molecule has 0 N–H and O–H groups in total. The highest BCUT2D eigenvalue weighted by Gasteiger charge is 2.20. The number of rotatable bonds is 5. The van der Waals surface area contributed by atoms with Gasteiger partial charge in [0.05, 0.1) is 0 Å². The molecular weight excluding hydrogens is 679 g/mol. The zero-order valence-corrected chi connectivity index (χ0v) is 29.7. The number of para-hydroxylation sites is 1. The molecular formula is C49H29N3OS. The fourth-order valence-electron chi connectivity index (χ4n) is 7.74. The summed E-state index contributed by atoms with van der Waals surface area (Å²) in [7, 11) is 0. The minimum absolute atomic E-state index is 0.593. The molecule has 3 heterocycles. The average Bonchev–Trinajstić information content (AvgIpc) is 3.82. The summed E-state index contributed by atoms with van der Waals surface area (Å²) >= 11 is 1.83. The Hall–Kier alpha value is -6.95. The first kappa shape index (κ1) is 30.7. The number of fused-ring (bicyclic) bond motifs is 8. The van der Waals surface area contributed by atoms with Crippen molar-refractivity contribution in [2.24, 2.45) is 0 Å². The van der Waals surface area contributed by atoms with E-state index in [4.69, 9.17) is 19.4 Å². The lowest BCUT2D eigenvalue weighted by Crippen LogP contribution is -2.01. The van der Waals surface area contributed by atoms with Crippen LogP contribution in [0, 0.1) is 0 Å². The highest BCUT2D eigenvalue weighted by molar-refractivity contribution is 7.25. The standard InChI is InChI=1S/C49H29N3OS/c1-3-13-30(14-4-1)33-25-34(32-23-24-45-40(28-32)37-18-10-12-22-44(37)54-45)27-35(26-33)48-50-47(31-15-5-2-6-16-31)51-49(52-48)41-29-43-46(38-19-8-7-17-36(38)41)39-20-9-11-21-42(39)53-43/h1-29H. The molecule has 0 atom stereocenters. The molecule has 0 fully saturated rings. The number of benzene rings is 8. The van der Waals surface area contributed by atoms with E-state index in [0.717, 1.165) is 71.7 Å². The number of hydrogen-bond donors (Lipinski definition) is 0. The van der Waals surface area contributed by atoms with Crippen LogP contribution in [0.25, 0.3) is 109 Å². The third-order valence-corrected chi connectivity index (χ3v) is 11.5. The minimum atomic E-state index is 0.593. The molecule has 11 rings (SSSR count). The summed E-state index contributed by atoms with van der Waals surface area (Å²) in [5.41, 5.74) is 8.85. The molecule has 4 nitrogen and oxygen atoms in total. The van der Waals surface area contributed by atoms with Gasteiger partial charge in [0.25, 0.3) is 0 Å². The smallest absolute Gasteiger partial charge is 0.164 e. The summed E-state index contributed by atoms with van der Waals surface area (Å²) in [6.07, 6.45) is 0. The maximum absolute atomic E-state index is 6.46. The van der Waals surface area contributed by atoms with E-state index in [1.165, 1.54) is 20.2 Å². The van der Waals surface area contributed by atoms with Gasteiger partial charge in [-0.2, -0.15) is 0 Å². The Balaban J connectivity index is 1.17. The topological polar surface area (TPSA) is 51.8 Å². The molecule has 8 aromatic carbocycles. The van der Waals surface area contributed by atoms with E-state index in [1.807, 2.05) is 41.7 Å². The van der Waals surface area contributed by atoms with Crippen molar-refractivity contribution < 1.29 is 4.42 Å². The largest absolute Gasteiger partial charge is 0.456 e. The third kappa shape index (κ3) is 5.09. The Kier molecular flexibility index (Phi) is 7.00. The molecule has 252 valence electrons. The third-order valence-electron chi connectivity index (χ3n) is 10.3. The molecule has 0 aliphatic rings. The lowest BCUT2D eigenvalue weighted by molar-refractivity contribution is 0.669. The molecule has 54 heavy (non-hydrogen) atoms. The van der Waals surface area contributed by atoms with E-state index in [-0.39, 0.29) is 0 Å². The van der Waals surface area contributed by atoms with E-state index in [2.05, 4.69) is 146 Å². The molecule has 0 saturated carbocycles. The number of furan rings is 1. The molecule has 5 heteroatoms. The summed E-state index contributed by atoms with van der Waals surface area (Å²) in [6, 6.07) is 61.6. The van der Waals surface area contributed by atoms with Crippen LogP contribution in [0.3, 0.4) is 0 Å². The lowest BCUT2D eigenvalue weighted by Gasteiger charge is -2.13. The number of nitrogens with zero attached hydrogens (tertiary/aromatic N) is 3. The first-order valence-corrected chi connectivity index (χ1v) is 18.8. The first-order valence-electron chi connectivity index (χ1n) is 18.0. The predicted octanol–water partition coefficient (Wildman–Crippen LogP) is 13.6. The highest BCUT2D eigenvalue weighted by Crippen LogP contribution is 2.41. The van der Waals surface area contributed by atoms with Crippen molar-refractivity contribution in [1.29, 1.82) is 0 Å². The van der Waals surface area contributed by atoms with Gasteiger partial charge < -0.3 is 4.42 Å². The maximum atomic E-state index is 6.46. The van der Waals surface area contributed by atoms with Gasteiger partial charge in [0.2, 0.25) is 0 Å². The second kappa shape index (κ2) is 12.3. The molecule has 0 bridgehead atoms. The van der Waals surface area contributed by atoms with Gasteiger partial charge in [-0.15, -0.1) is 11.3 Å². The summed E-state index contributed by atoms with van der Waals surface area (Å²) < 4.78 is 9.04. The summed E-state index contributed by atoms with van der Waals surface area (Å²) in [6.45, 7) is 0. The van der Waals surface area contributed by atoms with Crippen LogP contribution in [0.15, 0.2) is 180 Å². The van der Waals surface area contributed by atoms with Gasteiger partial charge in [-0.1, -0.05) is 127 Å². The van der Waals surface area contributed by atoms with Crippen molar-refractivity contribution in [3.05, 3.63) is 176 Å². The zero-order valence-electron chi connectivity index (χ0n) is 28.9. The van der Waals surface area contributed by atoms with Gasteiger partial charge in [0.15, 0.2) is 17.5 Å². The molecule has 0 saturated heterocycles. The van der Waals surface area contributed by atoms with Crippen molar-refractivity contribution in [3.63, 3.8) is 0 Å². The first-order chi connectivity index (χ1) is 26.7. The van der Waals surface area contributed by atoms with Gasteiger partial charge in [0.1, 0.15) is 11.2 Å². The van der Waals surface area contributed by atoms with Crippen LogP contribution in [0.4, 0.5) is 0 Å². The van der Waals surface area contributed by atoms with Crippen LogP contribution in [-0.4, -0.2) is 15.0 Å². The quantitative estimate of drug-likeness (QED) is 0.179. The van der Waals surface area contributed by atoms with Gasteiger partial charge in [-0.05, 0) is 81.6 Å². The normalized spacial score (nSPS) is 11.7. The lowest BCUT2D eigenvalue weighted by atomic mass is 9.95. The summed E-state index contributed by atoms with van der Waals surface area (Å²) in [5, 5.41) is 6.89. The monoisotopic (exact) mass is 707 g/mol. The van der Waals surface area contributed by atoms with Crippen molar-refractivity contribution in [2.45, 2.75) is 0 Å². The van der Waals surface area contributed by atoms with Crippen LogP contribution in [0.1, 0.15) is 0 Å². The molecule has 0 radical (unpaired) electrons. The van der Waals surface area contributed by atoms with E-state index in [9.17, 15) is 0 Å². The average molecular weight is 708 g/mol. The van der Waals surface area contributed by atoms with Crippen LogP contribution in [0.2, 0.25) is 0 Å². The van der Waals surface area contributed by atoms with Crippen molar-refractivity contribution in [1.82, 2.24) is 15.0 Å². The number of thiophene rings is 1. The second-order valence-corrected chi connectivity index (χ2v) is 14.7. The van der Waals surface area contributed by atoms with Gasteiger partial charge in [-0.3, -0.25) is 0 Å². The summed E-state index contributed by atoms with van der Waals surface area (Å²) in [4.78, 5) is 15.7. The zero-order chi connectivity index (χ0) is 35.6. The molecule has 0 aliphatic heterocycles. The van der Waals surface area contributed by atoms with Crippen LogP contribution in [-0.2, 0) is 0 Å². The van der Waals surface area contributed by atoms with Crippen molar-refractivity contribution >= 4 is 64.2 Å². The van der Waals surface area contributed by atoms with Crippen LogP contribution < -0.4 is 0 Å². The van der Waals surface area contributed by atoms with E-state index < -0.39 is 0 Å². The van der Waals surface area contributed by atoms with Crippen molar-refractivity contribution in [2.75, 3.05) is 0 Å². The highest BCUT2D eigenvalue weighted by atomic mass is 32.1.